The van der Waals surface area contributed by atoms with Crippen LogP contribution in [0, 0.1) is 6.92 Å². The van der Waals surface area contributed by atoms with Crippen molar-refractivity contribution in [1.82, 2.24) is 5.32 Å². The minimum Gasteiger partial charge on any atom is -0.399 e. The number of benzene rings is 1. The van der Waals surface area contributed by atoms with Gasteiger partial charge in [0.05, 0.1) is 0 Å². The Labute approximate surface area is 116 Å². The van der Waals surface area contributed by atoms with Crippen LogP contribution in [-0.4, -0.2) is 11.9 Å². The van der Waals surface area contributed by atoms with Crippen molar-refractivity contribution in [3.8, 4) is 0 Å². The third-order valence-corrected chi connectivity index (χ3v) is 3.23. The lowest BCUT2D eigenvalue weighted by molar-refractivity contribution is 0.0938. The molecule has 0 bridgehead atoms. The predicted molar refractivity (Wildman–Crippen MR) is 81.3 cm³/mol. The van der Waals surface area contributed by atoms with E-state index in [1.54, 1.807) is 6.07 Å². The molecule has 1 aromatic carbocycles. The zero-order valence-corrected chi connectivity index (χ0v) is 12.3. The molecular formula is C16H26N2O. The van der Waals surface area contributed by atoms with E-state index in [2.05, 4.69) is 19.2 Å². The second-order valence-electron chi connectivity index (χ2n) is 5.36. The van der Waals surface area contributed by atoms with Crippen LogP contribution in [0.15, 0.2) is 18.2 Å². The number of nitrogens with two attached hydrogens (primary N) is 1. The lowest BCUT2D eigenvalue weighted by Gasteiger charge is -2.14. The fourth-order valence-corrected chi connectivity index (χ4v) is 2.20. The highest BCUT2D eigenvalue weighted by Crippen LogP contribution is 2.12. The zero-order valence-electron chi connectivity index (χ0n) is 12.3. The Morgan fingerprint density at radius 3 is 2.63 bits per heavy atom. The maximum Gasteiger partial charge on any atom is 0.251 e. The van der Waals surface area contributed by atoms with Gasteiger partial charge in [0.15, 0.2) is 0 Å². The summed E-state index contributed by atoms with van der Waals surface area (Å²) in [5.41, 5.74) is 8.07. The van der Waals surface area contributed by atoms with Gasteiger partial charge in [0.2, 0.25) is 0 Å². The van der Waals surface area contributed by atoms with Crippen LogP contribution in [0.1, 0.15) is 61.9 Å². The average Bonchev–Trinajstić information content (AvgIpc) is 2.33. The van der Waals surface area contributed by atoms with E-state index in [4.69, 9.17) is 5.73 Å². The van der Waals surface area contributed by atoms with Gasteiger partial charge >= 0.3 is 0 Å². The van der Waals surface area contributed by atoms with Crippen molar-refractivity contribution in [3.05, 3.63) is 29.3 Å². The summed E-state index contributed by atoms with van der Waals surface area (Å²) in [5.74, 6) is -0.0293. The van der Waals surface area contributed by atoms with Crippen molar-refractivity contribution in [2.75, 3.05) is 5.73 Å². The number of hydrogen-bond donors (Lipinski definition) is 2. The molecule has 106 valence electrons. The van der Waals surface area contributed by atoms with Crippen LogP contribution in [0.4, 0.5) is 5.69 Å². The van der Waals surface area contributed by atoms with Crippen molar-refractivity contribution >= 4 is 11.6 Å². The summed E-state index contributed by atoms with van der Waals surface area (Å²) in [7, 11) is 0. The highest BCUT2D eigenvalue weighted by atomic mass is 16.1. The van der Waals surface area contributed by atoms with Crippen molar-refractivity contribution in [2.24, 2.45) is 0 Å². The second-order valence-corrected chi connectivity index (χ2v) is 5.36. The third-order valence-electron chi connectivity index (χ3n) is 3.23. The summed E-state index contributed by atoms with van der Waals surface area (Å²) in [6.45, 7) is 6.21. The summed E-state index contributed by atoms with van der Waals surface area (Å²) >= 11 is 0. The molecule has 0 spiro atoms. The van der Waals surface area contributed by atoms with Crippen molar-refractivity contribution in [3.63, 3.8) is 0 Å². The number of nitrogen functional groups attached to an aromatic ring is 1. The van der Waals surface area contributed by atoms with E-state index in [1.165, 1.54) is 25.7 Å². The molecule has 0 saturated heterocycles. The van der Waals surface area contributed by atoms with Crippen LogP contribution in [0.3, 0.4) is 0 Å². The summed E-state index contributed by atoms with van der Waals surface area (Å²) in [5, 5.41) is 3.03. The van der Waals surface area contributed by atoms with E-state index in [0.29, 0.717) is 11.3 Å². The molecule has 19 heavy (non-hydrogen) atoms. The molecule has 0 saturated carbocycles. The molecule has 3 heteroatoms. The largest absolute Gasteiger partial charge is 0.399 e. The number of carbonyl (C=O) groups is 1. The highest BCUT2D eigenvalue weighted by Gasteiger charge is 2.10. The van der Waals surface area contributed by atoms with Crippen LogP contribution in [0.25, 0.3) is 0 Å². The Morgan fingerprint density at radius 1 is 1.26 bits per heavy atom. The van der Waals surface area contributed by atoms with E-state index in [0.717, 1.165) is 12.0 Å². The SMILES string of the molecule is CCCCCCC(C)NC(=O)c1cc(C)cc(N)c1. The minimum absolute atomic E-state index is 0.0293. The topological polar surface area (TPSA) is 55.1 Å². The monoisotopic (exact) mass is 262 g/mol. The standard InChI is InChI=1S/C16H26N2O/c1-4-5-6-7-8-13(3)18-16(19)14-9-12(2)10-15(17)11-14/h9-11,13H,4-8,17H2,1-3H3,(H,18,19). The summed E-state index contributed by atoms with van der Waals surface area (Å²) in [6.07, 6.45) is 5.96. The molecule has 3 nitrogen and oxygen atoms in total. The molecule has 0 radical (unpaired) electrons. The van der Waals surface area contributed by atoms with E-state index < -0.39 is 0 Å². The number of nitrogens with one attached hydrogen (secondary N) is 1. The normalized spacial score (nSPS) is 12.2. The van der Waals surface area contributed by atoms with Gasteiger partial charge in [-0.3, -0.25) is 4.79 Å². The molecule has 1 rings (SSSR count). The van der Waals surface area contributed by atoms with Crippen molar-refractivity contribution < 1.29 is 4.79 Å². The highest BCUT2D eigenvalue weighted by molar-refractivity contribution is 5.95. The van der Waals surface area contributed by atoms with Gasteiger partial charge in [-0.2, -0.15) is 0 Å². The fourth-order valence-electron chi connectivity index (χ4n) is 2.20. The Bertz CT molecular complexity index is 395. The number of amides is 1. The first-order valence-electron chi connectivity index (χ1n) is 7.21. The average molecular weight is 262 g/mol. The van der Waals surface area contributed by atoms with Crippen LogP contribution >= 0.6 is 0 Å². The van der Waals surface area contributed by atoms with Gasteiger partial charge in [0, 0.05) is 17.3 Å². The lowest BCUT2D eigenvalue weighted by Crippen LogP contribution is -2.32. The summed E-state index contributed by atoms with van der Waals surface area (Å²) in [6, 6.07) is 5.68. The Balaban J connectivity index is 2.45. The van der Waals surface area contributed by atoms with Crippen LogP contribution < -0.4 is 11.1 Å². The molecule has 1 amide bonds. The molecule has 0 aliphatic rings. The fraction of sp³-hybridized carbons (Fsp3) is 0.562. The smallest absolute Gasteiger partial charge is 0.251 e. The minimum atomic E-state index is -0.0293. The molecular weight excluding hydrogens is 236 g/mol. The van der Waals surface area contributed by atoms with Gasteiger partial charge in [0.1, 0.15) is 0 Å². The molecule has 1 atom stereocenters. The molecule has 0 aliphatic heterocycles. The van der Waals surface area contributed by atoms with E-state index in [-0.39, 0.29) is 11.9 Å². The Hall–Kier alpha value is -1.51. The first-order chi connectivity index (χ1) is 9.02. The third kappa shape index (κ3) is 5.77. The first kappa shape index (κ1) is 15.5. The number of anilines is 1. The maximum absolute atomic E-state index is 12.1. The van der Waals surface area contributed by atoms with Crippen LogP contribution in [0.2, 0.25) is 0 Å². The molecule has 3 N–H and O–H groups in total. The Kier molecular flexibility index (Phi) is 6.40. The second kappa shape index (κ2) is 7.82. The molecule has 0 aromatic heterocycles. The van der Waals surface area contributed by atoms with Gasteiger partial charge in [-0.15, -0.1) is 0 Å². The van der Waals surface area contributed by atoms with E-state index >= 15 is 0 Å². The van der Waals surface area contributed by atoms with Gasteiger partial charge in [0.25, 0.3) is 5.91 Å². The Morgan fingerprint density at radius 2 is 2.00 bits per heavy atom. The zero-order chi connectivity index (χ0) is 14.3. The van der Waals surface area contributed by atoms with Crippen LogP contribution in [0.5, 0.6) is 0 Å². The molecule has 1 unspecified atom stereocenters. The van der Waals surface area contributed by atoms with Crippen LogP contribution in [-0.2, 0) is 0 Å². The van der Waals surface area contributed by atoms with Gasteiger partial charge < -0.3 is 11.1 Å². The maximum atomic E-state index is 12.1. The predicted octanol–water partition coefficient (Wildman–Crippen LogP) is 3.67. The lowest BCUT2D eigenvalue weighted by atomic mass is 10.1. The molecule has 1 aromatic rings. The number of rotatable bonds is 7. The van der Waals surface area contributed by atoms with Gasteiger partial charge in [-0.05, 0) is 44.0 Å². The van der Waals surface area contributed by atoms with Crippen molar-refractivity contribution in [1.29, 1.82) is 0 Å². The first-order valence-corrected chi connectivity index (χ1v) is 7.21. The number of aryl methyl sites for hydroxylation is 1. The number of hydrogen-bond acceptors (Lipinski definition) is 2. The number of carbonyl (C=O) groups excluding carboxylic acids is 1. The quantitative estimate of drug-likeness (QED) is 0.582. The number of unbranched alkanes of at least 4 members (excludes halogenated alkanes) is 3. The molecule has 0 aliphatic carbocycles. The molecule has 0 fully saturated rings. The van der Waals surface area contributed by atoms with Gasteiger partial charge in [-0.25, -0.2) is 0 Å². The van der Waals surface area contributed by atoms with E-state index in [1.807, 2.05) is 19.1 Å². The van der Waals surface area contributed by atoms with E-state index in [9.17, 15) is 4.79 Å². The summed E-state index contributed by atoms with van der Waals surface area (Å²) < 4.78 is 0. The molecule has 0 heterocycles. The van der Waals surface area contributed by atoms with Gasteiger partial charge in [-0.1, -0.05) is 32.6 Å². The van der Waals surface area contributed by atoms with Crippen molar-refractivity contribution in [2.45, 2.75) is 58.9 Å². The summed E-state index contributed by atoms with van der Waals surface area (Å²) in [4.78, 5) is 12.1.